The highest BCUT2D eigenvalue weighted by Crippen LogP contribution is 1.89. The molecule has 0 fully saturated rings. The van der Waals surface area contributed by atoms with Gasteiger partial charge in [-0.05, 0) is 0 Å². The van der Waals surface area contributed by atoms with Gasteiger partial charge in [-0.1, -0.05) is 20.8 Å². The van der Waals surface area contributed by atoms with E-state index in [1.165, 1.54) is 0 Å². The van der Waals surface area contributed by atoms with E-state index in [2.05, 4.69) is 5.32 Å². The molecule has 0 spiro atoms. The van der Waals surface area contributed by atoms with E-state index in [1.807, 2.05) is 13.8 Å². The minimum atomic E-state index is -0.00149. The van der Waals surface area contributed by atoms with Crippen molar-refractivity contribution < 1.29 is 19.1 Å². The molecule has 0 aliphatic heterocycles. The number of ketones is 1. The van der Waals surface area contributed by atoms with E-state index in [4.69, 9.17) is 9.47 Å². The molecule has 0 aromatic heterocycles. The number of amides is 1. The normalized spacial score (nSPS) is 10.6. The molecule has 0 rings (SSSR count). The summed E-state index contributed by atoms with van der Waals surface area (Å²) in [5, 5.41) is 2.74. The first-order valence-electron chi connectivity index (χ1n) is 6.02. The Labute approximate surface area is 103 Å². The quantitative estimate of drug-likeness (QED) is 0.577. The highest BCUT2D eigenvalue weighted by molar-refractivity contribution is 5.79. The van der Waals surface area contributed by atoms with Crippen LogP contribution in [-0.4, -0.2) is 44.7 Å². The molecule has 5 nitrogen and oxygen atoms in total. The van der Waals surface area contributed by atoms with Crippen LogP contribution in [0.15, 0.2) is 0 Å². The average molecular weight is 245 g/mol. The molecule has 0 aromatic rings. The van der Waals surface area contributed by atoms with Gasteiger partial charge >= 0.3 is 0 Å². The van der Waals surface area contributed by atoms with Gasteiger partial charge in [0.25, 0.3) is 0 Å². The predicted molar refractivity (Wildman–Crippen MR) is 64.8 cm³/mol. The average Bonchev–Trinajstić information content (AvgIpc) is 2.31. The first-order valence-corrected chi connectivity index (χ1v) is 6.02. The summed E-state index contributed by atoms with van der Waals surface area (Å²) in [6.45, 7) is 7.46. The van der Waals surface area contributed by atoms with Gasteiger partial charge < -0.3 is 14.8 Å². The van der Waals surface area contributed by atoms with Crippen molar-refractivity contribution in [1.29, 1.82) is 0 Å². The number of ether oxygens (including phenoxy) is 2. The van der Waals surface area contributed by atoms with Crippen molar-refractivity contribution in [1.82, 2.24) is 5.32 Å². The standard InChI is InChI=1S/C12H23NO4/c1-4-11(14)9-17-8-7-16-6-5-13-12(15)10(2)3/h10H,4-9H2,1-3H3,(H,13,15). The molecule has 0 unspecified atom stereocenters. The van der Waals surface area contributed by atoms with E-state index in [9.17, 15) is 9.59 Å². The van der Waals surface area contributed by atoms with Crippen molar-refractivity contribution in [3.63, 3.8) is 0 Å². The maximum Gasteiger partial charge on any atom is 0.222 e. The first kappa shape index (κ1) is 16.1. The Morgan fingerprint density at radius 2 is 1.76 bits per heavy atom. The number of hydrogen-bond acceptors (Lipinski definition) is 4. The van der Waals surface area contributed by atoms with Crippen molar-refractivity contribution >= 4 is 11.7 Å². The topological polar surface area (TPSA) is 64.6 Å². The van der Waals surface area contributed by atoms with E-state index in [0.717, 1.165) is 0 Å². The third-order valence-corrected chi connectivity index (χ3v) is 2.10. The van der Waals surface area contributed by atoms with Crippen LogP contribution in [-0.2, 0) is 19.1 Å². The Balaban J connectivity index is 3.19. The van der Waals surface area contributed by atoms with E-state index in [0.29, 0.717) is 32.8 Å². The van der Waals surface area contributed by atoms with E-state index >= 15 is 0 Å². The molecule has 0 bridgehead atoms. The van der Waals surface area contributed by atoms with Gasteiger partial charge in [-0.25, -0.2) is 0 Å². The summed E-state index contributed by atoms with van der Waals surface area (Å²) >= 11 is 0. The Bertz CT molecular complexity index is 229. The lowest BCUT2D eigenvalue weighted by Gasteiger charge is -2.08. The second-order valence-corrected chi connectivity index (χ2v) is 4.00. The molecule has 1 amide bonds. The van der Waals surface area contributed by atoms with Crippen LogP contribution in [0.4, 0.5) is 0 Å². The monoisotopic (exact) mass is 245 g/mol. The van der Waals surface area contributed by atoms with Crippen LogP contribution in [0.3, 0.4) is 0 Å². The maximum atomic E-state index is 11.2. The summed E-state index contributed by atoms with van der Waals surface area (Å²) in [6, 6.07) is 0. The van der Waals surface area contributed by atoms with Crippen LogP contribution in [0.25, 0.3) is 0 Å². The van der Waals surface area contributed by atoms with Gasteiger partial charge in [-0.2, -0.15) is 0 Å². The van der Waals surface area contributed by atoms with Crippen LogP contribution in [0.5, 0.6) is 0 Å². The molecule has 0 aliphatic rings. The third-order valence-electron chi connectivity index (χ3n) is 2.10. The number of rotatable bonds is 10. The third kappa shape index (κ3) is 9.96. The number of carbonyl (C=O) groups is 2. The van der Waals surface area contributed by atoms with Crippen molar-refractivity contribution in [3.05, 3.63) is 0 Å². The predicted octanol–water partition coefficient (Wildman–Crippen LogP) is 0.771. The largest absolute Gasteiger partial charge is 0.377 e. The summed E-state index contributed by atoms with van der Waals surface area (Å²) in [4.78, 5) is 22.0. The molecule has 1 N–H and O–H groups in total. The second kappa shape index (κ2) is 10.2. The maximum absolute atomic E-state index is 11.2. The van der Waals surface area contributed by atoms with Gasteiger partial charge in [0, 0.05) is 18.9 Å². The smallest absolute Gasteiger partial charge is 0.222 e. The number of nitrogens with one attached hydrogen (secondary N) is 1. The van der Waals surface area contributed by atoms with Crippen molar-refractivity contribution in [2.24, 2.45) is 5.92 Å². The number of Topliss-reactive ketones (excluding diaryl/α,β-unsaturated/α-hetero) is 1. The Kier molecular flexibility index (Phi) is 9.66. The molecule has 0 atom stereocenters. The first-order chi connectivity index (χ1) is 8.07. The van der Waals surface area contributed by atoms with Crippen LogP contribution in [0.2, 0.25) is 0 Å². The molecule has 0 radical (unpaired) electrons. The lowest BCUT2D eigenvalue weighted by Crippen LogP contribution is -2.31. The fourth-order valence-electron chi connectivity index (χ4n) is 0.959. The molecular formula is C12H23NO4. The molecule has 17 heavy (non-hydrogen) atoms. The summed E-state index contributed by atoms with van der Waals surface area (Å²) in [6.07, 6.45) is 0.502. The van der Waals surface area contributed by atoms with Gasteiger partial charge in [0.2, 0.25) is 5.91 Å². The second-order valence-electron chi connectivity index (χ2n) is 4.00. The van der Waals surface area contributed by atoms with Gasteiger partial charge in [0.15, 0.2) is 5.78 Å². The molecule has 0 saturated carbocycles. The van der Waals surface area contributed by atoms with Crippen molar-refractivity contribution in [2.45, 2.75) is 27.2 Å². The molecular weight excluding hydrogens is 222 g/mol. The lowest BCUT2D eigenvalue weighted by atomic mass is 10.2. The molecule has 100 valence electrons. The van der Waals surface area contributed by atoms with Crippen LogP contribution in [0.1, 0.15) is 27.2 Å². The summed E-state index contributed by atoms with van der Waals surface area (Å²) in [5.74, 6) is 0.117. The Morgan fingerprint density at radius 1 is 1.12 bits per heavy atom. The van der Waals surface area contributed by atoms with Crippen LogP contribution >= 0.6 is 0 Å². The lowest BCUT2D eigenvalue weighted by molar-refractivity contribution is -0.125. The van der Waals surface area contributed by atoms with E-state index < -0.39 is 0 Å². The van der Waals surface area contributed by atoms with Gasteiger partial charge in [-0.3, -0.25) is 9.59 Å². The molecule has 0 heterocycles. The van der Waals surface area contributed by atoms with Crippen molar-refractivity contribution in [3.8, 4) is 0 Å². The van der Waals surface area contributed by atoms with Crippen LogP contribution < -0.4 is 5.32 Å². The van der Waals surface area contributed by atoms with Crippen molar-refractivity contribution in [2.75, 3.05) is 33.0 Å². The van der Waals surface area contributed by atoms with Gasteiger partial charge in [0.05, 0.1) is 19.8 Å². The number of carbonyl (C=O) groups excluding carboxylic acids is 2. The Hall–Kier alpha value is -0.940. The fourth-order valence-corrected chi connectivity index (χ4v) is 0.959. The van der Waals surface area contributed by atoms with E-state index in [-0.39, 0.29) is 24.2 Å². The Morgan fingerprint density at radius 3 is 2.35 bits per heavy atom. The van der Waals surface area contributed by atoms with Crippen LogP contribution in [0, 0.1) is 5.92 Å². The summed E-state index contributed by atoms with van der Waals surface area (Å²) in [7, 11) is 0. The highest BCUT2D eigenvalue weighted by atomic mass is 16.5. The summed E-state index contributed by atoms with van der Waals surface area (Å²) in [5.41, 5.74) is 0. The van der Waals surface area contributed by atoms with E-state index in [1.54, 1.807) is 6.92 Å². The molecule has 5 heteroatoms. The fraction of sp³-hybridized carbons (Fsp3) is 0.833. The molecule has 0 aliphatic carbocycles. The van der Waals surface area contributed by atoms with Gasteiger partial charge in [-0.15, -0.1) is 0 Å². The zero-order valence-electron chi connectivity index (χ0n) is 11.0. The number of hydrogen-bond donors (Lipinski definition) is 1. The zero-order chi connectivity index (χ0) is 13.1. The van der Waals surface area contributed by atoms with Gasteiger partial charge in [0.1, 0.15) is 6.61 Å². The minimum absolute atomic E-state index is 0.00149. The highest BCUT2D eigenvalue weighted by Gasteiger charge is 2.04. The summed E-state index contributed by atoms with van der Waals surface area (Å²) < 4.78 is 10.3. The molecule has 0 saturated heterocycles. The SMILES string of the molecule is CCC(=O)COCCOCCNC(=O)C(C)C. The molecule has 0 aromatic carbocycles. The minimum Gasteiger partial charge on any atom is -0.377 e. The zero-order valence-corrected chi connectivity index (χ0v) is 11.0.